The Hall–Kier alpha value is -5.95. The first kappa shape index (κ1) is 29.5. The minimum absolute atomic E-state index is 0.0436. The van der Waals surface area contributed by atoms with Gasteiger partial charge in [-0.15, -0.1) is 0 Å². The second kappa shape index (κ2) is 9.22. The third-order valence-corrected chi connectivity index (χ3v) is 12.4. The van der Waals surface area contributed by atoms with Crippen LogP contribution in [0.5, 0.6) is 0 Å². The van der Waals surface area contributed by atoms with Crippen LogP contribution in [0.1, 0.15) is 53.2 Å². The fourth-order valence-electron chi connectivity index (χ4n) is 10.8. The molecule has 0 unspecified atom stereocenters. The molecule has 0 aliphatic carbocycles. The smallest absolute Gasteiger partial charge is 0.290 e. The average Bonchev–Trinajstić information content (AvgIpc) is 3.89. The monoisotopic (exact) mass is 697 g/mol. The molecule has 3 aliphatic heterocycles. The van der Waals surface area contributed by atoms with E-state index in [2.05, 4.69) is 157 Å². The van der Waals surface area contributed by atoms with E-state index in [1.165, 1.54) is 94.2 Å². The van der Waals surface area contributed by atoms with Crippen molar-refractivity contribution in [1.29, 1.82) is 0 Å². The van der Waals surface area contributed by atoms with Crippen LogP contribution in [0, 0.1) is 10.8 Å². The van der Waals surface area contributed by atoms with Gasteiger partial charge in [0.05, 0.1) is 16.6 Å². The van der Waals surface area contributed by atoms with Gasteiger partial charge in [0.2, 0.25) is 0 Å². The van der Waals surface area contributed by atoms with Gasteiger partial charge >= 0.3 is 0 Å². The van der Waals surface area contributed by atoms with Crippen molar-refractivity contribution in [3.05, 3.63) is 109 Å². The van der Waals surface area contributed by atoms with E-state index in [4.69, 9.17) is 9.97 Å². The van der Waals surface area contributed by atoms with Crippen molar-refractivity contribution in [3.8, 4) is 33.8 Å². The van der Waals surface area contributed by atoms with Gasteiger partial charge < -0.3 is 0 Å². The van der Waals surface area contributed by atoms with Crippen LogP contribution in [0.3, 0.4) is 0 Å². The van der Waals surface area contributed by atoms with Gasteiger partial charge in [0, 0.05) is 57.0 Å². The van der Waals surface area contributed by atoms with Crippen molar-refractivity contribution in [2.24, 2.45) is 10.8 Å². The standard InChI is InChI=1S/C47H38BN6/c1-46(2,3)23-31-49-38-33(25-15-9-7-10-16-25)34-27-19-13-22-30-41(27)54-42(34)36-43(38)51(31)28-20-14-21-29-35(28)48(36)37-44-39(50-32(52(29)44)24-47(4,5)6)40(53(30)45(37)54)26-17-11-8-12-18-26/h7-22H,23-24H2,1-6H3/q+1. The molecule has 7 heteroatoms. The first-order valence-corrected chi connectivity index (χ1v) is 19.4. The maximum atomic E-state index is 5.76. The Morgan fingerprint density at radius 2 is 1.17 bits per heavy atom. The van der Waals surface area contributed by atoms with Crippen molar-refractivity contribution in [2.45, 2.75) is 54.4 Å². The number of fused-ring (bicyclic) bond motifs is 4. The lowest BCUT2D eigenvalue weighted by molar-refractivity contribution is -0.466. The topological polar surface area (TPSA) is 44.2 Å². The number of aromatic nitrogens is 6. The Balaban J connectivity index is 1.38. The van der Waals surface area contributed by atoms with E-state index >= 15 is 0 Å². The molecule has 0 radical (unpaired) electrons. The largest absolute Gasteiger partial charge is 0.297 e. The van der Waals surface area contributed by atoms with E-state index in [0.29, 0.717) is 0 Å². The fraction of sp³-hybridized carbons (Fsp3) is 0.213. The highest BCUT2D eigenvalue weighted by Crippen LogP contribution is 2.47. The maximum absolute atomic E-state index is 5.76. The molecule has 8 heterocycles. The van der Waals surface area contributed by atoms with Crippen LogP contribution in [0.25, 0.3) is 88.8 Å². The van der Waals surface area contributed by atoms with Gasteiger partial charge in [0.1, 0.15) is 22.7 Å². The van der Waals surface area contributed by atoms with E-state index in [1.807, 2.05) is 0 Å². The summed E-state index contributed by atoms with van der Waals surface area (Å²) in [5.41, 5.74) is 21.4. The number of hydrogen-bond acceptors (Lipinski definition) is 2. The van der Waals surface area contributed by atoms with Gasteiger partial charge in [-0.05, 0) is 46.1 Å². The number of imidazole rings is 3. The molecule has 6 nitrogen and oxygen atoms in total. The summed E-state index contributed by atoms with van der Waals surface area (Å²) >= 11 is 0. The zero-order chi connectivity index (χ0) is 36.2. The number of benzene rings is 5. The van der Waals surface area contributed by atoms with Gasteiger partial charge in [0.25, 0.3) is 12.4 Å². The van der Waals surface area contributed by atoms with Crippen LogP contribution < -0.4 is 20.8 Å². The predicted octanol–water partition coefficient (Wildman–Crippen LogP) is 8.07. The number of para-hydroxylation sites is 1. The second-order valence-electron chi connectivity index (χ2n) is 18.4. The minimum atomic E-state index is 0.0436. The molecule has 3 aliphatic rings. The summed E-state index contributed by atoms with van der Waals surface area (Å²) in [6.07, 6.45) is 1.73. The first-order chi connectivity index (χ1) is 26.1. The quantitative estimate of drug-likeness (QED) is 0.138. The third-order valence-electron chi connectivity index (χ3n) is 12.4. The molecule has 0 amide bonds. The van der Waals surface area contributed by atoms with Gasteiger partial charge in [0.15, 0.2) is 16.7 Å². The Bertz CT molecular complexity index is 3120. The number of hydrogen-bond donors (Lipinski definition) is 0. The van der Waals surface area contributed by atoms with E-state index in [0.717, 1.165) is 35.5 Å². The van der Waals surface area contributed by atoms with E-state index in [9.17, 15) is 0 Å². The molecular weight excluding hydrogens is 659 g/mol. The molecule has 0 saturated heterocycles. The Kier molecular flexibility index (Phi) is 5.04. The highest BCUT2D eigenvalue weighted by molar-refractivity contribution is 7.03. The fourth-order valence-corrected chi connectivity index (χ4v) is 10.8. The maximum Gasteiger partial charge on any atom is 0.290 e. The number of rotatable bonds is 4. The molecule has 0 saturated carbocycles. The van der Waals surface area contributed by atoms with Gasteiger partial charge in [-0.2, -0.15) is 8.80 Å². The molecule has 0 fully saturated rings. The van der Waals surface area contributed by atoms with Crippen molar-refractivity contribution in [3.63, 3.8) is 0 Å². The van der Waals surface area contributed by atoms with Gasteiger partial charge in [-0.25, -0.2) is 9.97 Å². The Morgan fingerprint density at radius 3 is 1.81 bits per heavy atom. The summed E-state index contributed by atoms with van der Waals surface area (Å²) in [5, 5.41) is 2.60. The summed E-state index contributed by atoms with van der Waals surface area (Å²) in [7, 11) is 0. The van der Waals surface area contributed by atoms with Crippen LogP contribution in [0.2, 0.25) is 0 Å². The SMILES string of the molecule is CC(C)(C)Cc1nc2c(-c3ccccc3)c3c4cccc5c4n4c3c3c2n1-c1cccc2c1B3c1c3c(nc(CC(C)(C)C)n3-2)c(-c2ccccc2)[n+]5c14. The lowest BCUT2D eigenvalue weighted by atomic mass is 9.33. The molecule has 5 aromatic carbocycles. The summed E-state index contributed by atoms with van der Waals surface area (Å²) in [6, 6.07) is 35.9. The minimum Gasteiger partial charge on any atom is -0.297 e. The van der Waals surface area contributed by atoms with Gasteiger partial charge in [-0.3, -0.25) is 9.13 Å². The van der Waals surface area contributed by atoms with Crippen molar-refractivity contribution >= 4 is 78.1 Å². The van der Waals surface area contributed by atoms with E-state index in [-0.39, 0.29) is 17.5 Å². The Morgan fingerprint density at radius 1 is 0.574 bits per heavy atom. The van der Waals surface area contributed by atoms with Crippen molar-refractivity contribution in [2.75, 3.05) is 0 Å². The van der Waals surface area contributed by atoms with E-state index in [1.54, 1.807) is 0 Å². The zero-order valence-electron chi connectivity index (χ0n) is 31.4. The molecule has 0 N–H and O–H groups in total. The third kappa shape index (κ3) is 3.31. The summed E-state index contributed by atoms with van der Waals surface area (Å²) in [4.78, 5) is 11.5. The molecular formula is C47H38BN6+. The summed E-state index contributed by atoms with van der Waals surface area (Å²) in [6.45, 7) is 14.1. The predicted molar refractivity (Wildman–Crippen MR) is 221 cm³/mol. The highest BCUT2D eigenvalue weighted by atomic mass is 15.2. The number of nitrogens with zero attached hydrogens (tertiary/aromatic N) is 6. The molecule has 0 atom stereocenters. The van der Waals surface area contributed by atoms with Crippen LogP contribution in [-0.2, 0) is 12.8 Å². The van der Waals surface area contributed by atoms with Crippen LogP contribution in [-0.4, -0.2) is 30.2 Å². The van der Waals surface area contributed by atoms with Crippen molar-refractivity contribution < 1.29 is 4.40 Å². The zero-order valence-corrected chi connectivity index (χ0v) is 31.4. The molecule has 5 aromatic heterocycles. The van der Waals surface area contributed by atoms with Crippen molar-refractivity contribution in [1.82, 2.24) is 23.5 Å². The van der Waals surface area contributed by atoms with Crippen LogP contribution in [0.15, 0.2) is 97.1 Å². The molecule has 0 spiro atoms. The van der Waals surface area contributed by atoms with E-state index < -0.39 is 0 Å². The molecule has 258 valence electrons. The molecule has 54 heavy (non-hydrogen) atoms. The van der Waals surface area contributed by atoms with Crippen LogP contribution in [0.4, 0.5) is 0 Å². The summed E-state index contributed by atoms with van der Waals surface area (Å²) in [5.74, 6) is 2.26. The lowest BCUT2D eigenvalue weighted by Crippen LogP contribution is -2.63. The highest BCUT2D eigenvalue weighted by Gasteiger charge is 2.52. The Labute approximate surface area is 312 Å². The summed E-state index contributed by atoms with van der Waals surface area (Å²) < 4.78 is 10.4. The number of pyridine rings is 1. The van der Waals surface area contributed by atoms with Gasteiger partial charge in [-0.1, -0.05) is 114 Å². The second-order valence-corrected chi connectivity index (χ2v) is 18.4. The average molecular weight is 698 g/mol. The first-order valence-electron chi connectivity index (χ1n) is 19.4. The lowest BCUT2D eigenvalue weighted by Gasteiger charge is -2.34. The molecule has 10 aromatic rings. The normalized spacial score (nSPS) is 14.2. The molecule has 0 bridgehead atoms. The molecule has 13 rings (SSSR count). The van der Waals surface area contributed by atoms with Crippen LogP contribution >= 0.6 is 0 Å².